The van der Waals surface area contributed by atoms with Gasteiger partial charge in [-0.2, -0.15) is 0 Å². The zero-order valence-electron chi connectivity index (χ0n) is 8.89. The van der Waals surface area contributed by atoms with Crippen molar-refractivity contribution in [2.75, 3.05) is 13.1 Å². The maximum Gasteiger partial charge on any atom is 0.407 e. The maximum atomic E-state index is 10.7. The third-order valence-corrected chi connectivity index (χ3v) is 2.97. The zero-order valence-corrected chi connectivity index (χ0v) is 8.89. The largest absolute Gasteiger partial charge is 0.465 e. The second-order valence-electron chi connectivity index (χ2n) is 4.00. The molecule has 1 aromatic rings. The first kappa shape index (κ1) is 10.9. The zero-order chi connectivity index (χ0) is 11.5. The van der Waals surface area contributed by atoms with Crippen LogP contribution in [0.2, 0.25) is 0 Å². The molecule has 0 unspecified atom stereocenters. The fourth-order valence-corrected chi connectivity index (χ4v) is 2.01. The molecule has 2 rings (SSSR count). The van der Waals surface area contributed by atoms with Gasteiger partial charge in [0, 0.05) is 19.0 Å². The SMILES string of the molecule is O=C(O)N1CCC(c2ncc(CO)[nH]2)CC1. The van der Waals surface area contributed by atoms with Crippen LogP contribution in [0.4, 0.5) is 4.79 Å². The number of imidazole rings is 1. The highest BCUT2D eigenvalue weighted by Gasteiger charge is 2.24. The first-order valence-corrected chi connectivity index (χ1v) is 5.33. The van der Waals surface area contributed by atoms with Crippen molar-refractivity contribution in [2.24, 2.45) is 0 Å². The summed E-state index contributed by atoms with van der Waals surface area (Å²) in [6.45, 7) is 1.06. The predicted molar refractivity (Wildman–Crippen MR) is 56.1 cm³/mol. The second kappa shape index (κ2) is 4.52. The summed E-state index contributed by atoms with van der Waals surface area (Å²) in [6.07, 6.45) is 2.34. The number of aliphatic hydroxyl groups is 1. The molecular weight excluding hydrogens is 210 g/mol. The van der Waals surface area contributed by atoms with Crippen LogP contribution in [0.5, 0.6) is 0 Å². The van der Waals surface area contributed by atoms with Gasteiger partial charge in [-0.25, -0.2) is 9.78 Å². The minimum absolute atomic E-state index is 0.0407. The molecule has 1 aliphatic heterocycles. The first-order chi connectivity index (χ1) is 7.70. The van der Waals surface area contributed by atoms with Crippen LogP contribution >= 0.6 is 0 Å². The molecule has 88 valence electrons. The first-order valence-electron chi connectivity index (χ1n) is 5.33. The molecule has 0 atom stereocenters. The van der Waals surface area contributed by atoms with Gasteiger partial charge in [-0.1, -0.05) is 0 Å². The van der Waals surface area contributed by atoms with Gasteiger partial charge in [0.1, 0.15) is 5.82 Å². The van der Waals surface area contributed by atoms with E-state index < -0.39 is 6.09 Å². The van der Waals surface area contributed by atoms with Crippen molar-refractivity contribution in [3.8, 4) is 0 Å². The van der Waals surface area contributed by atoms with Crippen LogP contribution in [0.25, 0.3) is 0 Å². The Morgan fingerprint density at radius 1 is 1.56 bits per heavy atom. The number of piperidine rings is 1. The van der Waals surface area contributed by atoms with E-state index in [4.69, 9.17) is 10.2 Å². The molecule has 6 nitrogen and oxygen atoms in total. The molecule has 6 heteroatoms. The van der Waals surface area contributed by atoms with Crippen molar-refractivity contribution in [3.63, 3.8) is 0 Å². The quantitative estimate of drug-likeness (QED) is 0.693. The minimum Gasteiger partial charge on any atom is -0.465 e. The number of likely N-dealkylation sites (tertiary alicyclic amines) is 1. The Bertz CT molecular complexity index is 369. The number of hydrogen-bond donors (Lipinski definition) is 3. The summed E-state index contributed by atoms with van der Waals surface area (Å²) in [5, 5.41) is 17.7. The van der Waals surface area contributed by atoms with Crippen LogP contribution in [0.15, 0.2) is 6.20 Å². The van der Waals surface area contributed by atoms with Crippen LogP contribution in [0, 0.1) is 0 Å². The van der Waals surface area contributed by atoms with Crippen molar-refractivity contribution in [3.05, 3.63) is 17.7 Å². The van der Waals surface area contributed by atoms with Crippen molar-refractivity contribution >= 4 is 6.09 Å². The highest BCUT2D eigenvalue weighted by Crippen LogP contribution is 2.25. The number of aromatic nitrogens is 2. The van der Waals surface area contributed by atoms with Gasteiger partial charge < -0.3 is 20.1 Å². The molecule has 1 fully saturated rings. The Morgan fingerprint density at radius 2 is 2.25 bits per heavy atom. The van der Waals surface area contributed by atoms with Crippen molar-refractivity contribution < 1.29 is 15.0 Å². The molecule has 0 bridgehead atoms. The van der Waals surface area contributed by atoms with Gasteiger partial charge >= 0.3 is 6.09 Å². The van der Waals surface area contributed by atoms with E-state index in [1.54, 1.807) is 6.20 Å². The number of nitrogens with one attached hydrogen (secondary N) is 1. The molecule has 3 N–H and O–H groups in total. The summed E-state index contributed by atoms with van der Waals surface area (Å²) >= 11 is 0. The number of nitrogens with zero attached hydrogens (tertiary/aromatic N) is 2. The monoisotopic (exact) mass is 225 g/mol. The van der Waals surface area contributed by atoms with Crippen molar-refractivity contribution in [2.45, 2.75) is 25.4 Å². The molecule has 0 spiro atoms. The van der Waals surface area contributed by atoms with E-state index in [9.17, 15) is 4.79 Å². The smallest absolute Gasteiger partial charge is 0.407 e. The number of carbonyl (C=O) groups is 1. The summed E-state index contributed by atoms with van der Waals surface area (Å²) in [7, 11) is 0. The topological polar surface area (TPSA) is 89.4 Å². The molecule has 2 heterocycles. The Balaban J connectivity index is 1.96. The van der Waals surface area contributed by atoms with E-state index in [0.29, 0.717) is 18.8 Å². The average molecular weight is 225 g/mol. The minimum atomic E-state index is -0.853. The summed E-state index contributed by atoms with van der Waals surface area (Å²) in [5.74, 6) is 1.13. The summed E-state index contributed by atoms with van der Waals surface area (Å²) in [4.78, 5) is 19.4. The van der Waals surface area contributed by atoms with E-state index in [-0.39, 0.29) is 12.5 Å². The lowest BCUT2D eigenvalue weighted by Gasteiger charge is -2.28. The van der Waals surface area contributed by atoms with Crippen LogP contribution in [-0.4, -0.2) is 44.3 Å². The molecular formula is C10H15N3O3. The van der Waals surface area contributed by atoms with Crippen molar-refractivity contribution in [1.82, 2.24) is 14.9 Å². The lowest BCUT2D eigenvalue weighted by atomic mass is 9.96. The van der Waals surface area contributed by atoms with E-state index in [1.807, 2.05) is 0 Å². The van der Waals surface area contributed by atoms with Gasteiger partial charge in [-0.05, 0) is 12.8 Å². The van der Waals surface area contributed by atoms with Crippen LogP contribution in [0.3, 0.4) is 0 Å². The third kappa shape index (κ3) is 2.16. The van der Waals surface area contributed by atoms with E-state index in [0.717, 1.165) is 18.7 Å². The Labute approximate surface area is 92.9 Å². The standard InChI is InChI=1S/C10H15N3O3/c14-6-8-5-11-9(12-8)7-1-3-13(4-2-7)10(15)16/h5,7,14H,1-4,6H2,(H,11,12)(H,15,16). The molecule has 1 amide bonds. The predicted octanol–water partition coefficient (Wildman–Crippen LogP) is 0.759. The number of rotatable bonds is 2. The molecule has 1 aromatic heterocycles. The van der Waals surface area contributed by atoms with Gasteiger partial charge in [0.2, 0.25) is 0 Å². The Hall–Kier alpha value is -1.56. The van der Waals surface area contributed by atoms with Gasteiger partial charge in [-0.15, -0.1) is 0 Å². The fourth-order valence-electron chi connectivity index (χ4n) is 2.01. The highest BCUT2D eigenvalue weighted by molar-refractivity contribution is 5.65. The number of aliphatic hydroxyl groups excluding tert-OH is 1. The molecule has 16 heavy (non-hydrogen) atoms. The number of aromatic amines is 1. The number of carboxylic acid groups (broad SMARTS) is 1. The number of hydrogen-bond acceptors (Lipinski definition) is 3. The number of H-pyrrole nitrogens is 1. The molecule has 0 aromatic carbocycles. The number of amides is 1. The molecule has 0 aliphatic carbocycles. The molecule has 0 saturated carbocycles. The van der Waals surface area contributed by atoms with Crippen LogP contribution in [0.1, 0.15) is 30.3 Å². The third-order valence-electron chi connectivity index (χ3n) is 2.97. The Kier molecular flexibility index (Phi) is 3.09. The lowest BCUT2D eigenvalue weighted by molar-refractivity contribution is 0.131. The normalized spacial score (nSPS) is 17.7. The van der Waals surface area contributed by atoms with Gasteiger partial charge in [0.25, 0.3) is 0 Å². The summed E-state index contributed by atoms with van der Waals surface area (Å²) < 4.78 is 0. The lowest BCUT2D eigenvalue weighted by Crippen LogP contribution is -2.37. The maximum absolute atomic E-state index is 10.7. The van der Waals surface area contributed by atoms with Gasteiger partial charge in [-0.3, -0.25) is 0 Å². The fraction of sp³-hybridized carbons (Fsp3) is 0.600. The molecule has 1 saturated heterocycles. The van der Waals surface area contributed by atoms with Gasteiger partial charge in [0.15, 0.2) is 0 Å². The highest BCUT2D eigenvalue weighted by atomic mass is 16.4. The second-order valence-corrected chi connectivity index (χ2v) is 4.00. The summed E-state index contributed by atoms with van der Waals surface area (Å²) in [5.41, 5.74) is 0.704. The average Bonchev–Trinajstić information content (AvgIpc) is 2.77. The van der Waals surface area contributed by atoms with Crippen molar-refractivity contribution in [1.29, 1.82) is 0 Å². The van der Waals surface area contributed by atoms with E-state index >= 15 is 0 Å². The Morgan fingerprint density at radius 3 is 2.75 bits per heavy atom. The molecule has 0 radical (unpaired) electrons. The van der Waals surface area contributed by atoms with E-state index in [1.165, 1.54) is 4.90 Å². The van der Waals surface area contributed by atoms with E-state index in [2.05, 4.69) is 9.97 Å². The van der Waals surface area contributed by atoms with Crippen LogP contribution in [-0.2, 0) is 6.61 Å². The molecule has 1 aliphatic rings. The van der Waals surface area contributed by atoms with Gasteiger partial charge in [0.05, 0.1) is 18.5 Å². The summed E-state index contributed by atoms with van der Waals surface area (Å²) in [6, 6.07) is 0. The van der Waals surface area contributed by atoms with Crippen LogP contribution < -0.4 is 0 Å².